The minimum absolute atomic E-state index is 0.318. The molecule has 0 N–H and O–H groups in total. The number of carbonyl (C=O) groups is 1. The van der Waals surface area contributed by atoms with Crippen LogP contribution in [0.2, 0.25) is 5.02 Å². The summed E-state index contributed by atoms with van der Waals surface area (Å²) in [5.41, 5.74) is 2.90. The van der Waals surface area contributed by atoms with E-state index in [0.29, 0.717) is 17.2 Å². The fourth-order valence-corrected chi connectivity index (χ4v) is 3.22. The number of unbranched alkanes of at least 4 members (excludes halogenated alkanes) is 2. The molecule has 0 amide bonds. The number of nitrogens with zero attached hydrogens (tertiary/aromatic N) is 1. The molecule has 0 spiro atoms. The summed E-state index contributed by atoms with van der Waals surface area (Å²) in [5, 5.41) is 1.44. The maximum Gasteiger partial charge on any atom is 0.338 e. The third-order valence-corrected chi connectivity index (χ3v) is 4.86. The van der Waals surface area contributed by atoms with Gasteiger partial charge in [0, 0.05) is 20.4 Å². The van der Waals surface area contributed by atoms with Gasteiger partial charge < -0.3 is 4.74 Å². The molecule has 2 aromatic carbocycles. The topological polar surface area (TPSA) is 39.2 Å². The van der Waals surface area contributed by atoms with Crippen molar-refractivity contribution in [1.29, 1.82) is 0 Å². The Kier molecular flexibility index (Phi) is 6.28. The second-order valence-corrected chi connectivity index (χ2v) is 7.42. The van der Waals surface area contributed by atoms with E-state index in [1.807, 2.05) is 42.5 Å². The van der Waals surface area contributed by atoms with Crippen molar-refractivity contribution in [2.24, 2.45) is 0 Å². The zero-order chi connectivity index (χ0) is 18.5. The molecule has 0 unspecified atom stereocenters. The average molecular weight is 433 g/mol. The lowest BCUT2D eigenvalue weighted by Crippen LogP contribution is -2.08. The molecule has 26 heavy (non-hydrogen) atoms. The van der Waals surface area contributed by atoms with Crippen molar-refractivity contribution in [2.45, 2.75) is 26.2 Å². The number of esters is 1. The van der Waals surface area contributed by atoms with E-state index in [0.717, 1.165) is 45.9 Å². The second kappa shape index (κ2) is 8.65. The van der Waals surface area contributed by atoms with E-state index < -0.39 is 0 Å². The first kappa shape index (κ1) is 18.9. The van der Waals surface area contributed by atoms with Gasteiger partial charge in [0.05, 0.1) is 23.4 Å². The highest BCUT2D eigenvalue weighted by Crippen LogP contribution is 2.28. The zero-order valence-corrected chi connectivity index (χ0v) is 16.8. The number of fused-ring (bicyclic) bond motifs is 1. The van der Waals surface area contributed by atoms with Gasteiger partial charge in [-0.05, 0) is 42.8 Å². The van der Waals surface area contributed by atoms with E-state index in [-0.39, 0.29) is 5.97 Å². The van der Waals surface area contributed by atoms with E-state index in [4.69, 9.17) is 21.3 Å². The molecule has 3 nitrogen and oxygen atoms in total. The van der Waals surface area contributed by atoms with Gasteiger partial charge in [-0.1, -0.05) is 59.4 Å². The Morgan fingerprint density at radius 3 is 2.62 bits per heavy atom. The third-order valence-electron chi connectivity index (χ3n) is 4.11. The van der Waals surface area contributed by atoms with E-state index in [2.05, 4.69) is 22.9 Å². The molecule has 1 aromatic heterocycles. The molecule has 0 radical (unpaired) electrons. The van der Waals surface area contributed by atoms with Gasteiger partial charge in [0.1, 0.15) is 0 Å². The fourth-order valence-electron chi connectivity index (χ4n) is 2.73. The number of benzene rings is 2. The molecule has 0 aliphatic heterocycles. The van der Waals surface area contributed by atoms with Gasteiger partial charge in [0.25, 0.3) is 0 Å². The van der Waals surface area contributed by atoms with Gasteiger partial charge >= 0.3 is 5.97 Å². The van der Waals surface area contributed by atoms with Gasteiger partial charge in [-0.2, -0.15) is 0 Å². The average Bonchev–Trinajstić information content (AvgIpc) is 2.65. The number of aromatic nitrogens is 1. The van der Waals surface area contributed by atoms with Crippen molar-refractivity contribution >= 4 is 44.4 Å². The SMILES string of the molecule is CCCCCOC(=O)c1cc(-c2ccc(Cl)cc2)nc2ccc(Br)cc12. The molecule has 0 saturated heterocycles. The van der Waals surface area contributed by atoms with E-state index in [1.165, 1.54) is 0 Å². The highest BCUT2D eigenvalue weighted by atomic mass is 79.9. The number of hydrogen-bond acceptors (Lipinski definition) is 3. The number of halogens is 2. The summed E-state index contributed by atoms with van der Waals surface area (Å²) >= 11 is 9.44. The van der Waals surface area contributed by atoms with Gasteiger partial charge in [0.15, 0.2) is 0 Å². The molecule has 0 saturated carbocycles. The van der Waals surface area contributed by atoms with Crippen molar-refractivity contribution in [1.82, 2.24) is 4.98 Å². The molecule has 5 heteroatoms. The smallest absolute Gasteiger partial charge is 0.338 e. The van der Waals surface area contributed by atoms with Crippen molar-refractivity contribution in [3.8, 4) is 11.3 Å². The highest BCUT2D eigenvalue weighted by Gasteiger charge is 2.15. The highest BCUT2D eigenvalue weighted by molar-refractivity contribution is 9.10. The maximum atomic E-state index is 12.7. The monoisotopic (exact) mass is 431 g/mol. The third kappa shape index (κ3) is 4.43. The number of pyridine rings is 1. The van der Waals surface area contributed by atoms with Gasteiger partial charge in [-0.15, -0.1) is 0 Å². The van der Waals surface area contributed by atoms with Crippen LogP contribution in [0.1, 0.15) is 36.5 Å². The van der Waals surface area contributed by atoms with Gasteiger partial charge in [-0.25, -0.2) is 9.78 Å². The first-order chi connectivity index (χ1) is 12.6. The Labute approximate surface area is 166 Å². The molecule has 0 bridgehead atoms. The predicted octanol–water partition coefficient (Wildman–Crippen LogP) is 6.66. The molecule has 0 aliphatic rings. The summed E-state index contributed by atoms with van der Waals surface area (Å²) in [7, 11) is 0. The van der Waals surface area contributed by atoms with Gasteiger partial charge in [0.2, 0.25) is 0 Å². The Bertz CT molecular complexity index is 925. The Morgan fingerprint density at radius 1 is 1.12 bits per heavy atom. The lowest BCUT2D eigenvalue weighted by atomic mass is 10.0. The van der Waals surface area contributed by atoms with Crippen LogP contribution >= 0.6 is 27.5 Å². The Hall–Kier alpha value is -1.91. The Morgan fingerprint density at radius 2 is 1.88 bits per heavy atom. The van der Waals surface area contributed by atoms with Crippen molar-refractivity contribution in [3.05, 3.63) is 63.6 Å². The summed E-state index contributed by atoms with van der Waals surface area (Å²) in [6.45, 7) is 2.55. The minimum atomic E-state index is -0.318. The number of rotatable bonds is 6. The normalized spacial score (nSPS) is 10.9. The standard InChI is InChI=1S/C21H19BrClNO2/c1-2-3-4-11-26-21(25)18-13-20(14-5-8-16(23)9-6-14)24-19-10-7-15(22)12-17(18)19/h5-10,12-13H,2-4,11H2,1H3. The molecule has 134 valence electrons. The van der Waals surface area contributed by atoms with Crippen LogP contribution in [0.4, 0.5) is 0 Å². The van der Waals surface area contributed by atoms with Crippen LogP contribution in [-0.4, -0.2) is 17.6 Å². The largest absolute Gasteiger partial charge is 0.462 e. The number of ether oxygens (including phenoxy) is 1. The lowest BCUT2D eigenvalue weighted by molar-refractivity contribution is 0.0500. The van der Waals surface area contributed by atoms with E-state index >= 15 is 0 Å². The summed E-state index contributed by atoms with van der Waals surface area (Å²) < 4.78 is 6.38. The first-order valence-electron chi connectivity index (χ1n) is 8.62. The molecule has 3 aromatic rings. The number of carbonyl (C=O) groups excluding carboxylic acids is 1. The van der Waals surface area contributed by atoms with Gasteiger partial charge in [-0.3, -0.25) is 0 Å². The molecular weight excluding hydrogens is 414 g/mol. The lowest BCUT2D eigenvalue weighted by Gasteiger charge is -2.11. The van der Waals surface area contributed by atoms with E-state index in [1.54, 1.807) is 6.07 Å². The number of hydrogen-bond donors (Lipinski definition) is 0. The quantitative estimate of drug-likeness (QED) is 0.323. The predicted molar refractivity (Wildman–Crippen MR) is 110 cm³/mol. The minimum Gasteiger partial charge on any atom is -0.462 e. The van der Waals surface area contributed by atoms with E-state index in [9.17, 15) is 4.79 Å². The summed E-state index contributed by atoms with van der Waals surface area (Å²) in [4.78, 5) is 17.4. The van der Waals surface area contributed by atoms with Crippen LogP contribution in [0.5, 0.6) is 0 Å². The van der Waals surface area contributed by atoms with Crippen LogP contribution < -0.4 is 0 Å². The van der Waals surface area contributed by atoms with Crippen LogP contribution in [0.15, 0.2) is 53.0 Å². The second-order valence-electron chi connectivity index (χ2n) is 6.07. The molecule has 1 heterocycles. The van der Waals surface area contributed by atoms with Crippen molar-refractivity contribution in [2.75, 3.05) is 6.61 Å². The fraction of sp³-hybridized carbons (Fsp3) is 0.238. The van der Waals surface area contributed by atoms with Crippen LogP contribution in [0.25, 0.3) is 22.2 Å². The summed E-state index contributed by atoms with van der Waals surface area (Å²) in [6.07, 6.45) is 3.01. The molecule has 0 aliphatic carbocycles. The molecular formula is C21H19BrClNO2. The van der Waals surface area contributed by atoms with Crippen LogP contribution in [0.3, 0.4) is 0 Å². The summed E-state index contributed by atoms with van der Waals surface area (Å²) in [6, 6.07) is 14.9. The maximum absolute atomic E-state index is 12.7. The van der Waals surface area contributed by atoms with Crippen molar-refractivity contribution < 1.29 is 9.53 Å². The Balaban J connectivity index is 2.02. The molecule has 0 fully saturated rings. The van der Waals surface area contributed by atoms with Crippen molar-refractivity contribution in [3.63, 3.8) is 0 Å². The van der Waals surface area contributed by atoms with Crippen LogP contribution in [0, 0.1) is 0 Å². The van der Waals surface area contributed by atoms with Crippen LogP contribution in [-0.2, 0) is 4.74 Å². The zero-order valence-electron chi connectivity index (χ0n) is 14.5. The molecule has 3 rings (SSSR count). The first-order valence-corrected chi connectivity index (χ1v) is 9.79. The molecule has 0 atom stereocenters. The summed E-state index contributed by atoms with van der Waals surface area (Å²) in [5.74, 6) is -0.318.